The molecule has 5 rings (SSSR count). The van der Waals surface area contributed by atoms with Gasteiger partial charge in [0.25, 0.3) is 5.56 Å². The molecule has 0 N–H and O–H groups in total. The van der Waals surface area contributed by atoms with Crippen LogP contribution in [0.25, 0.3) is 21.0 Å². The summed E-state index contributed by atoms with van der Waals surface area (Å²) >= 11 is 1.21. The van der Waals surface area contributed by atoms with Gasteiger partial charge in [0.05, 0.1) is 30.1 Å². The van der Waals surface area contributed by atoms with Gasteiger partial charge < -0.3 is 23.6 Å². The number of para-hydroxylation sites is 1. The zero-order valence-electron chi connectivity index (χ0n) is 21.8. The van der Waals surface area contributed by atoms with Gasteiger partial charge in [-0.1, -0.05) is 18.2 Å². The summed E-state index contributed by atoms with van der Waals surface area (Å²) in [5, 5.41) is 0.308. The number of hydrogen-bond donors (Lipinski definition) is 0. The predicted octanol–water partition coefficient (Wildman–Crippen LogP) is 2.95. The van der Waals surface area contributed by atoms with Crippen molar-refractivity contribution < 1.29 is 23.5 Å². The van der Waals surface area contributed by atoms with Crippen LogP contribution in [-0.2, 0) is 20.9 Å². The lowest BCUT2D eigenvalue weighted by molar-refractivity contribution is -0.136. The quantitative estimate of drug-likeness (QED) is 0.290. The zero-order valence-corrected chi connectivity index (χ0v) is 22.6. The minimum Gasteiger partial charge on any atom is -0.496 e. The largest absolute Gasteiger partial charge is 0.496 e. The van der Waals surface area contributed by atoms with E-state index in [1.165, 1.54) is 40.4 Å². The molecule has 1 aliphatic heterocycles. The number of piperidine rings is 1. The molecule has 2 atom stereocenters. The Balaban J connectivity index is 1.77. The smallest absolute Gasteiger partial charge is 0.332 e. The highest BCUT2D eigenvalue weighted by atomic mass is 32.1. The Hall–Kier alpha value is -4.03. The Morgan fingerprint density at radius 2 is 2.05 bits per heavy atom. The fraction of sp³-hybridized carbons (Fsp3) is 0.370. The van der Waals surface area contributed by atoms with Crippen LogP contribution < -0.4 is 16.0 Å². The molecular weight excluding hydrogens is 524 g/mol. The number of likely N-dealkylation sites (tertiary alicyclic amines) is 1. The van der Waals surface area contributed by atoms with E-state index in [9.17, 15) is 19.2 Å². The van der Waals surface area contributed by atoms with Crippen LogP contribution in [0, 0.1) is 6.92 Å². The van der Waals surface area contributed by atoms with Gasteiger partial charge in [0.2, 0.25) is 11.8 Å². The highest BCUT2D eigenvalue weighted by Gasteiger charge is 2.33. The number of amides is 1. The van der Waals surface area contributed by atoms with Crippen LogP contribution in [0.15, 0.2) is 50.7 Å². The van der Waals surface area contributed by atoms with Crippen LogP contribution in [0.1, 0.15) is 36.1 Å². The Bertz CT molecular complexity index is 1640. The second-order valence-corrected chi connectivity index (χ2v) is 10.3. The van der Waals surface area contributed by atoms with Crippen molar-refractivity contribution in [2.45, 2.75) is 38.5 Å². The van der Waals surface area contributed by atoms with Crippen molar-refractivity contribution >= 4 is 33.7 Å². The maximum absolute atomic E-state index is 14.1. The third kappa shape index (κ3) is 4.70. The van der Waals surface area contributed by atoms with Gasteiger partial charge in [-0.05, 0) is 31.4 Å². The molecule has 0 bridgehead atoms. The van der Waals surface area contributed by atoms with Crippen molar-refractivity contribution in [1.29, 1.82) is 0 Å². The van der Waals surface area contributed by atoms with E-state index in [0.29, 0.717) is 63.5 Å². The van der Waals surface area contributed by atoms with Crippen molar-refractivity contribution in [2.24, 2.45) is 0 Å². The zero-order chi connectivity index (χ0) is 27.7. The molecule has 0 spiro atoms. The van der Waals surface area contributed by atoms with Gasteiger partial charge in [-0.3, -0.25) is 14.2 Å². The van der Waals surface area contributed by atoms with Crippen molar-refractivity contribution in [3.8, 4) is 16.5 Å². The van der Waals surface area contributed by atoms with Gasteiger partial charge in [-0.15, -0.1) is 11.3 Å². The van der Waals surface area contributed by atoms with Gasteiger partial charge in [0, 0.05) is 19.2 Å². The molecule has 4 heterocycles. The average molecular weight is 553 g/mol. The number of aldehydes is 1. The molecule has 11 nitrogen and oxygen atoms in total. The lowest BCUT2D eigenvalue weighted by Crippen LogP contribution is -2.49. The van der Waals surface area contributed by atoms with Gasteiger partial charge in [0.1, 0.15) is 41.9 Å². The topological polar surface area (TPSA) is 126 Å². The van der Waals surface area contributed by atoms with Crippen molar-refractivity contribution in [3.05, 3.63) is 68.7 Å². The second-order valence-electron chi connectivity index (χ2n) is 9.29. The summed E-state index contributed by atoms with van der Waals surface area (Å²) in [5.74, 6) is 0.564. The first-order chi connectivity index (χ1) is 18.9. The fourth-order valence-electron chi connectivity index (χ4n) is 5.08. The third-order valence-electron chi connectivity index (χ3n) is 7.01. The lowest BCUT2D eigenvalue weighted by atomic mass is 10.0. The predicted molar refractivity (Wildman–Crippen MR) is 144 cm³/mol. The Kier molecular flexibility index (Phi) is 7.49. The third-order valence-corrected chi connectivity index (χ3v) is 8.32. The summed E-state index contributed by atoms with van der Waals surface area (Å²) in [6.45, 7) is 2.08. The molecule has 1 amide bonds. The minimum absolute atomic E-state index is 0.0362. The summed E-state index contributed by atoms with van der Waals surface area (Å²) in [6, 6.07) is 6.24. The van der Waals surface area contributed by atoms with E-state index in [4.69, 9.17) is 13.9 Å². The van der Waals surface area contributed by atoms with E-state index < -0.39 is 23.4 Å². The number of thiophene rings is 1. The first kappa shape index (κ1) is 26.6. The van der Waals surface area contributed by atoms with E-state index in [1.54, 1.807) is 38.2 Å². The molecule has 1 saturated heterocycles. The van der Waals surface area contributed by atoms with Crippen molar-refractivity contribution in [1.82, 2.24) is 19.0 Å². The molecule has 3 aromatic heterocycles. The summed E-state index contributed by atoms with van der Waals surface area (Å²) in [4.78, 5) is 59.2. The Morgan fingerprint density at radius 3 is 2.77 bits per heavy atom. The van der Waals surface area contributed by atoms with E-state index in [0.717, 1.165) is 4.57 Å². The monoisotopic (exact) mass is 552 g/mol. The van der Waals surface area contributed by atoms with Crippen LogP contribution >= 0.6 is 11.3 Å². The molecular formula is C27H28N4O7S. The fourth-order valence-corrected chi connectivity index (χ4v) is 6.33. The molecule has 4 aromatic rings. The molecule has 0 aliphatic carbocycles. The molecule has 1 unspecified atom stereocenters. The number of likely N-dealkylation sites (N-methyl/N-ethyl adjacent to an activating group) is 1. The molecule has 1 aromatic carbocycles. The van der Waals surface area contributed by atoms with Gasteiger partial charge >= 0.3 is 5.69 Å². The average Bonchev–Trinajstić information content (AvgIpc) is 3.59. The van der Waals surface area contributed by atoms with Crippen LogP contribution in [-0.4, -0.2) is 58.5 Å². The van der Waals surface area contributed by atoms with Gasteiger partial charge in [0.15, 0.2) is 0 Å². The Morgan fingerprint density at radius 1 is 1.26 bits per heavy atom. The first-order valence-electron chi connectivity index (χ1n) is 12.5. The van der Waals surface area contributed by atoms with E-state index >= 15 is 0 Å². The minimum atomic E-state index is -0.926. The Labute approximate surface area is 227 Å². The summed E-state index contributed by atoms with van der Waals surface area (Å²) < 4.78 is 19.4. The highest BCUT2D eigenvalue weighted by molar-refractivity contribution is 7.22. The van der Waals surface area contributed by atoms with Crippen LogP contribution in [0.4, 0.5) is 0 Å². The second kappa shape index (κ2) is 11.0. The molecule has 0 saturated carbocycles. The number of aryl methyl sites for hydroxylation is 1. The molecule has 0 radical (unpaired) electrons. The molecule has 1 aliphatic rings. The SMILES string of the molecule is COc1ccccc1[C@H](Cn1c(=O)n(C2CCCN(C)C2=O)c(=O)c2c(C)c(-c3ncco3)sc21)OCC=O. The number of rotatable bonds is 9. The number of nitrogens with zero attached hydrogens (tertiary/aromatic N) is 4. The lowest BCUT2D eigenvalue weighted by Gasteiger charge is -2.30. The van der Waals surface area contributed by atoms with Crippen LogP contribution in [0.5, 0.6) is 5.75 Å². The van der Waals surface area contributed by atoms with E-state index in [1.807, 2.05) is 0 Å². The number of oxazole rings is 1. The number of hydrogen-bond acceptors (Lipinski definition) is 9. The number of fused-ring (bicyclic) bond motifs is 1. The molecule has 1 fully saturated rings. The normalized spacial score (nSPS) is 16.5. The highest BCUT2D eigenvalue weighted by Crippen LogP contribution is 2.37. The number of carbonyl (C=O) groups is 2. The summed E-state index contributed by atoms with van der Waals surface area (Å²) in [6.07, 6.45) is 3.84. The number of benzene rings is 1. The first-order valence-corrected chi connectivity index (χ1v) is 13.3. The number of ether oxygens (including phenoxy) is 2. The molecule has 39 heavy (non-hydrogen) atoms. The van der Waals surface area contributed by atoms with Gasteiger partial charge in [-0.2, -0.15) is 0 Å². The van der Waals surface area contributed by atoms with Crippen LogP contribution in [0.2, 0.25) is 0 Å². The molecule has 12 heteroatoms. The maximum atomic E-state index is 14.1. The van der Waals surface area contributed by atoms with E-state index in [-0.39, 0.29) is 19.1 Å². The summed E-state index contributed by atoms with van der Waals surface area (Å²) in [5.41, 5.74) is 0.0728. The standard InChI is InChI=1S/C27H28N4O7S/c1-16-21-25(34)31(18-8-6-11-29(2)24(18)33)27(35)30(26(21)39-22(16)23-28-10-13-38-23)15-20(37-14-12-32)17-7-4-5-9-19(17)36-3/h4-5,7,9-10,12-13,18,20H,6,8,11,14-15H2,1-3H3/t18?,20-/m0/s1. The van der Waals surface area contributed by atoms with Crippen molar-refractivity contribution in [2.75, 3.05) is 27.3 Å². The number of aromatic nitrogens is 3. The van der Waals surface area contributed by atoms with Crippen LogP contribution in [0.3, 0.4) is 0 Å². The summed E-state index contributed by atoms with van der Waals surface area (Å²) in [7, 11) is 3.19. The van der Waals surface area contributed by atoms with Crippen molar-refractivity contribution in [3.63, 3.8) is 0 Å². The number of methoxy groups -OCH3 is 1. The van der Waals surface area contributed by atoms with Gasteiger partial charge in [-0.25, -0.2) is 14.3 Å². The molecule has 204 valence electrons. The van der Waals surface area contributed by atoms with E-state index in [2.05, 4.69) is 4.98 Å². The maximum Gasteiger partial charge on any atom is 0.332 e. The number of carbonyl (C=O) groups excluding carboxylic acids is 2.